The van der Waals surface area contributed by atoms with E-state index in [1.54, 1.807) is 12.5 Å². The number of benzene rings is 2. The van der Waals surface area contributed by atoms with Gasteiger partial charge in [0.1, 0.15) is 6.26 Å². The molecule has 0 amide bonds. The molecule has 0 aromatic heterocycles. The van der Waals surface area contributed by atoms with E-state index >= 15 is 0 Å². The van der Waals surface area contributed by atoms with Crippen molar-refractivity contribution >= 4 is 40.3 Å². The number of rotatable bonds is 1. The molecule has 2 aromatic rings. The predicted octanol–water partition coefficient (Wildman–Crippen LogP) is 4.41. The summed E-state index contributed by atoms with van der Waals surface area (Å²) in [5.74, 6) is 0.773. The van der Waals surface area contributed by atoms with E-state index in [4.69, 9.17) is 28.6 Å². The summed E-state index contributed by atoms with van der Waals surface area (Å²) >= 11 is 11.3. The lowest BCUT2D eigenvalue weighted by molar-refractivity contribution is 0.474. The Morgan fingerprint density at radius 1 is 1.10 bits per heavy atom. The summed E-state index contributed by atoms with van der Waals surface area (Å²) in [6.07, 6.45) is 3.39. The molecule has 0 radical (unpaired) electrons. The number of para-hydroxylation sites is 2. The zero-order chi connectivity index (χ0) is 13.9. The van der Waals surface area contributed by atoms with Gasteiger partial charge in [-0.2, -0.15) is 0 Å². The van der Waals surface area contributed by atoms with E-state index in [2.05, 4.69) is 5.32 Å². The second-order valence-electron chi connectivity index (χ2n) is 4.18. The first kappa shape index (κ1) is 13.0. The van der Waals surface area contributed by atoms with Gasteiger partial charge in [-0.25, -0.2) is 0 Å². The molecule has 0 unspecified atom stereocenters. The third-order valence-electron chi connectivity index (χ3n) is 2.84. The first-order valence-electron chi connectivity index (χ1n) is 6.02. The third-order valence-corrected chi connectivity index (χ3v) is 3.39. The van der Waals surface area contributed by atoms with Crippen molar-refractivity contribution in [3.05, 3.63) is 66.0 Å². The second-order valence-corrected chi connectivity index (χ2v) is 5.00. The Bertz CT molecular complexity index is 670. The molecular weight excluding hydrogens is 292 g/mol. The van der Waals surface area contributed by atoms with Crippen molar-refractivity contribution in [3.8, 4) is 5.75 Å². The summed E-state index contributed by atoms with van der Waals surface area (Å²) in [5, 5.41) is 4.43. The fraction of sp³-hybridized carbons (Fsp3) is 0. The minimum Gasteiger partial charge on any atom is -0.461 e. The van der Waals surface area contributed by atoms with Crippen LogP contribution in [0.2, 0.25) is 5.02 Å². The Hall–Kier alpha value is -2.04. The maximum absolute atomic E-state index is 5.87. The molecule has 5 heteroatoms. The van der Waals surface area contributed by atoms with E-state index in [1.807, 2.05) is 53.4 Å². The summed E-state index contributed by atoms with van der Waals surface area (Å²) in [4.78, 5) is 1.86. The quantitative estimate of drug-likeness (QED) is 0.789. The van der Waals surface area contributed by atoms with E-state index in [1.165, 1.54) is 0 Å². The molecule has 0 saturated heterocycles. The molecule has 1 heterocycles. The number of halogens is 1. The lowest BCUT2D eigenvalue weighted by atomic mass is 10.2. The maximum atomic E-state index is 5.87. The van der Waals surface area contributed by atoms with Crippen LogP contribution in [0, 0.1) is 0 Å². The highest BCUT2D eigenvalue weighted by atomic mass is 35.5. The van der Waals surface area contributed by atoms with Gasteiger partial charge in [-0.15, -0.1) is 0 Å². The van der Waals surface area contributed by atoms with Gasteiger partial charge in [0, 0.05) is 16.9 Å². The van der Waals surface area contributed by atoms with Gasteiger partial charge < -0.3 is 10.1 Å². The summed E-state index contributed by atoms with van der Waals surface area (Å²) in [6.45, 7) is 0. The largest absolute Gasteiger partial charge is 0.461 e. The molecule has 20 heavy (non-hydrogen) atoms. The average molecular weight is 303 g/mol. The summed E-state index contributed by atoms with van der Waals surface area (Å²) in [7, 11) is 0. The SMILES string of the molecule is S=C(Nc1ccc(Cl)cc1)N1C=COc2ccccc21. The van der Waals surface area contributed by atoms with Gasteiger partial charge in [0.15, 0.2) is 10.9 Å². The van der Waals surface area contributed by atoms with E-state index in [0.717, 1.165) is 17.1 Å². The molecule has 1 aliphatic rings. The molecule has 0 spiro atoms. The van der Waals surface area contributed by atoms with Crippen molar-refractivity contribution in [1.29, 1.82) is 0 Å². The molecular formula is C15H11ClN2OS. The number of nitrogens with zero attached hydrogens (tertiary/aromatic N) is 1. The van der Waals surface area contributed by atoms with E-state index in [0.29, 0.717) is 10.1 Å². The van der Waals surface area contributed by atoms with Gasteiger partial charge in [0.05, 0.1) is 5.69 Å². The van der Waals surface area contributed by atoms with Crippen LogP contribution in [0.1, 0.15) is 0 Å². The van der Waals surface area contributed by atoms with Crippen LogP contribution in [0.4, 0.5) is 11.4 Å². The fourth-order valence-corrected chi connectivity index (χ4v) is 2.30. The Morgan fingerprint density at radius 2 is 1.85 bits per heavy atom. The standard InChI is InChI=1S/C15H11ClN2OS/c16-11-5-7-12(8-6-11)17-15(20)18-9-10-19-14-4-2-1-3-13(14)18/h1-10H,(H,17,20). The molecule has 0 bridgehead atoms. The monoisotopic (exact) mass is 302 g/mol. The van der Waals surface area contributed by atoms with Crippen molar-refractivity contribution in [2.24, 2.45) is 0 Å². The van der Waals surface area contributed by atoms with E-state index in [9.17, 15) is 0 Å². The van der Waals surface area contributed by atoms with Crippen molar-refractivity contribution in [1.82, 2.24) is 0 Å². The third kappa shape index (κ3) is 2.61. The summed E-state index contributed by atoms with van der Waals surface area (Å²) in [5.41, 5.74) is 1.79. The van der Waals surface area contributed by atoms with Gasteiger partial charge in [0.2, 0.25) is 0 Å². The number of anilines is 2. The van der Waals surface area contributed by atoms with E-state index in [-0.39, 0.29) is 0 Å². The molecule has 0 aliphatic carbocycles. The van der Waals surface area contributed by atoms with Crippen LogP contribution in [0.3, 0.4) is 0 Å². The molecule has 1 N–H and O–H groups in total. The van der Waals surface area contributed by atoms with Crippen molar-refractivity contribution in [2.45, 2.75) is 0 Å². The molecule has 0 fully saturated rings. The zero-order valence-corrected chi connectivity index (χ0v) is 12.0. The van der Waals surface area contributed by atoms with Gasteiger partial charge in [-0.05, 0) is 48.6 Å². The van der Waals surface area contributed by atoms with Crippen LogP contribution in [-0.4, -0.2) is 5.11 Å². The molecule has 100 valence electrons. The first-order chi connectivity index (χ1) is 9.74. The number of thiocarbonyl (C=S) groups is 1. The maximum Gasteiger partial charge on any atom is 0.182 e. The smallest absolute Gasteiger partial charge is 0.182 e. The predicted molar refractivity (Wildman–Crippen MR) is 86.4 cm³/mol. The zero-order valence-electron chi connectivity index (χ0n) is 10.4. The Labute approximate surface area is 127 Å². The second kappa shape index (κ2) is 5.53. The molecule has 0 saturated carbocycles. The normalized spacial score (nSPS) is 12.6. The van der Waals surface area contributed by atoms with Gasteiger partial charge >= 0.3 is 0 Å². The highest BCUT2D eigenvalue weighted by Gasteiger charge is 2.17. The number of hydrogen-bond donors (Lipinski definition) is 1. The first-order valence-corrected chi connectivity index (χ1v) is 6.81. The van der Waals surface area contributed by atoms with Crippen LogP contribution >= 0.6 is 23.8 Å². The minimum atomic E-state index is 0.569. The number of fused-ring (bicyclic) bond motifs is 1. The van der Waals surface area contributed by atoms with Crippen molar-refractivity contribution < 1.29 is 4.74 Å². The lowest BCUT2D eigenvalue weighted by Gasteiger charge is -2.26. The van der Waals surface area contributed by atoms with Crippen LogP contribution in [0.15, 0.2) is 61.0 Å². The van der Waals surface area contributed by atoms with Crippen molar-refractivity contribution in [3.63, 3.8) is 0 Å². The fourth-order valence-electron chi connectivity index (χ4n) is 1.89. The van der Waals surface area contributed by atoms with Gasteiger partial charge in [-0.3, -0.25) is 4.90 Å². The summed E-state index contributed by atoms with van der Waals surface area (Å²) in [6, 6.07) is 15.1. The molecule has 3 nitrogen and oxygen atoms in total. The van der Waals surface area contributed by atoms with Crippen LogP contribution in [-0.2, 0) is 0 Å². The Kier molecular flexibility index (Phi) is 3.58. The van der Waals surface area contributed by atoms with Crippen molar-refractivity contribution in [2.75, 3.05) is 10.2 Å². The molecule has 1 aliphatic heterocycles. The van der Waals surface area contributed by atoms with Crippen LogP contribution < -0.4 is 15.0 Å². The number of nitrogens with one attached hydrogen (secondary N) is 1. The topological polar surface area (TPSA) is 24.5 Å². The molecule has 0 atom stereocenters. The average Bonchev–Trinajstić information content (AvgIpc) is 2.49. The lowest BCUT2D eigenvalue weighted by Crippen LogP contribution is -2.31. The highest BCUT2D eigenvalue weighted by Crippen LogP contribution is 2.31. The number of ether oxygens (including phenoxy) is 1. The highest BCUT2D eigenvalue weighted by molar-refractivity contribution is 7.80. The molecule has 3 rings (SSSR count). The Balaban J connectivity index is 1.82. The van der Waals surface area contributed by atoms with E-state index < -0.39 is 0 Å². The van der Waals surface area contributed by atoms with Crippen LogP contribution in [0.5, 0.6) is 5.75 Å². The van der Waals surface area contributed by atoms with Gasteiger partial charge in [0.25, 0.3) is 0 Å². The molecule has 2 aromatic carbocycles. The van der Waals surface area contributed by atoms with Gasteiger partial charge in [-0.1, -0.05) is 23.7 Å². The minimum absolute atomic E-state index is 0.569. The Morgan fingerprint density at radius 3 is 2.65 bits per heavy atom. The van der Waals surface area contributed by atoms with Crippen LogP contribution in [0.25, 0.3) is 0 Å². The number of hydrogen-bond acceptors (Lipinski definition) is 2. The summed E-state index contributed by atoms with van der Waals surface area (Å²) < 4.78 is 5.44.